The van der Waals surface area contributed by atoms with E-state index in [4.69, 9.17) is 21.1 Å². The van der Waals surface area contributed by atoms with Crippen LogP contribution in [0.25, 0.3) is 10.9 Å². The monoisotopic (exact) mass is 425 g/mol. The van der Waals surface area contributed by atoms with E-state index in [0.717, 1.165) is 60.3 Å². The maximum absolute atomic E-state index is 6.11. The van der Waals surface area contributed by atoms with Crippen LogP contribution >= 0.6 is 11.6 Å². The molecule has 0 spiro atoms. The Labute approximate surface area is 182 Å². The highest BCUT2D eigenvalue weighted by atomic mass is 35.5. The third-order valence-electron chi connectivity index (χ3n) is 5.80. The number of methoxy groups -OCH3 is 2. The molecule has 1 fully saturated rings. The molecule has 0 bridgehead atoms. The molecule has 158 valence electrons. The number of halogens is 1. The smallest absolute Gasteiger partial charge is 0.122 e. The summed E-state index contributed by atoms with van der Waals surface area (Å²) in [5.74, 6) is 1.65. The van der Waals surface area contributed by atoms with Crippen molar-refractivity contribution in [1.82, 2.24) is 10.3 Å². The van der Waals surface area contributed by atoms with Crippen LogP contribution in [0.5, 0.6) is 11.5 Å². The van der Waals surface area contributed by atoms with Gasteiger partial charge in [0.1, 0.15) is 11.5 Å². The van der Waals surface area contributed by atoms with Crippen molar-refractivity contribution in [3.05, 3.63) is 59.2 Å². The summed E-state index contributed by atoms with van der Waals surface area (Å²) in [6, 6.07) is 14.9. The predicted molar refractivity (Wildman–Crippen MR) is 123 cm³/mol. The molecule has 1 saturated carbocycles. The van der Waals surface area contributed by atoms with Gasteiger partial charge in [0.15, 0.2) is 0 Å². The highest BCUT2D eigenvalue weighted by molar-refractivity contribution is 6.31. The van der Waals surface area contributed by atoms with E-state index < -0.39 is 0 Å². The van der Waals surface area contributed by atoms with Gasteiger partial charge in [-0.2, -0.15) is 0 Å². The van der Waals surface area contributed by atoms with Gasteiger partial charge in [-0.05, 0) is 67.6 Å². The van der Waals surface area contributed by atoms with Crippen molar-refractivity contribution in [1.29, 1.82) is 0 Å². The van der Waals surface area contributed by atoms with Crippen LogP contribution in [0.15, 0.2) is 48.7 Å². The molecular weight excluding hydrogens is 398 g/mol. The van der Waals surface area contributed by atoms with Crippen molar-refractivity contribution < 1.29 is 9.47 Å². The Balaban J connectivity index is 1.32. The normalized spacial score (nSPS) is 18.9. The maximum Gasteiger partial charge on any atom is 0.122 e. The number of nitrogens with one attached hydrogen (secondary N) is 2. The predicted octanol–water partition coefficient (Wildman–Crippen LogP) is 5.42. The van der Waals surface area contributed by atoms with Crippen molar-refractivity contribution in [2.24, 2.45) is 0 Å². The van der Waals surface area contributed by atoms with E-state index in [2.05, 4.69) is 33.8 Å². The Bertz CT molecular complexity index is 981. The van der Waals surface area contributed by atoms with E-state index in [-0.39, 0.29) is 0 Å². The van der Waals surface area contributed by atoms with Gasteiger partial charge in [-0.1, -0.05) is 11.6 Å². The summed E-state index contributed by atoms with van der Waals surface area (Å²) in [5, 5.41) is 9.26. The first kappa shape index (κ1) is 20.8. The average molecular weight is 426 g/mol. The average Bonchev–Trinajstić information content (AvgIpc) is 2.78. The lowest BCUT2D eigenvalue weighted by Gasteiger charge is -2.30. The van der Waals surface area contributed by atoms with Gasteiger partial charge in [0.25, 0.3) is 0 Å². The van der Waals surface area contributed by atoms with E-state index in [1.165, 1.54) is 5.56 Å². The molecular formula is C24H28ClN3O2. The molecule has 2 N–H and O–H groups in total. The zero-order chi connectivity index (χ0) is 20.9. The quantitative estimate of drug-likeness (QED) is 0.529. The van der Waals surface area contributed by atoms with Crippen LogP contribution < -0.4 is 20.1 Å². The minimum absolute atomic E-state index is 0.473. The summed E-state index contributed by atoms with van der Waals surface area (Å²) in [5.41, 5.74) is 3.24. The molecule has 4 rings (SSSR count). The molecule has 1 aromatic heterocycles. The van der Waals surface area contributed by atoms with Crippen LogP contribution in [-0.2, 0) is 6.54 Å². The molecule has 0 unspecified atom stereocenters. The molecule has 3 aromatic rings. The van der Waals surface area contributed by atoms with Gasteiger partial charge in [-0.15, -0.1) is 0 Å². The second-order valence-corrected chi connectivity index (χ2v) is 8.25. The van der Waals surface area contributed by atoms with Gasteiger partial charge in [0.05, 0.1) is 19.7 Å². The van der Waals surface area contributed by atoms with Crippen molar-refractivity contribution >= 4 is 28.2 Å². The zero-order valence-electron chi connectivity index (χ0n) is 17.5. The largest absolute Gasteiger partial charge is 0.497 e. The molecule has 0 radical (unpaired) electrons. The fraction of sp³-hybridized carbons (Fsp3) is 0.375. The van der Waals surface area contributed by atoms with Crippen LogP contribution in [0.1, 0.15) is 31.2 Å². The molecule has 2 aromatic carbocycles. The Morgan fingerprint density at radius 2 is 1.63 bits per heavy atom. The number of aromatic nitrogens is 1. The second-order valence-electron chi connectivity index (χ2n) is 7.81. The number of hydrogen-bond donors (Lipinski definition) is 2. The number of nitrogens with zero attached hydrogens (tertiary/aromatic N) is 1. The maximum atomic E-state index is 6.11. The third-order valence-corrected chi connectivity index (χ3v) is 6.03. The summed E-state index contributed by atoms with van der Waals surface area (Å²) in [7, 11) is 3.36. The summed E-state index contributed by atoms with van der Waals surface area (Å²) in [4.78, 5) is 4.43. The van der Waals surface area contributed by atoms with E-state index in [0.29, 0.717) is 17.1 Å². The SMILES string of the molecule is COc1cc(CN[C@H]2CC[C@H](Nc3ccnc4cc(Cl)ccc34)CC2)cc(OC)c1. The number of anilines is 1. The van der Waals surface area contributed by atoms with Gasteiger partial charge < -0.3 is 20.1 Å². The minimum atomic E-state index is 0.473. The van der Waals surface area contributed by atoms with Crippen LogP contribution in [0, 0.1) is 0 Å². The minimum Gasteiger partial charge on any atom is -0.497 e. The Morgan fingerprint density at radius 3 is 2.33 bits per heavy atom. The summed E-state index contributed by atoms with van der Waals surface area (Å²) < 4.78 is 10.7. The lowest BCUT2D eigenvalue weighted by atomic mass is 9.90. The number of pyridine rings is 1. The van der Waals surface area contributed by atoms with Crippen molar-refractivity contribution in [2.45, 2.75) is 44.3 Å². The number of fused-ring (bicyclic) bond motifs is 1. The van der Waals surface area contributed by atoms with Crippen molar-refractivity contribution in [3.8, 4) is 11.5 Å². The molecule has 0 amide bonds. The summed E-state index contributed by atoms with van der Waals surface area (Å²) in [6.07, 6.45) is 6.41. The molecule has 1 aliphatic carbocycles. The number of rotatable bonds is 7. The first-order chi connectivity index (χ1) is 14.6. The van der Waals surface area contributed by atoms with Gasteiger partial charge in [0.2, 0.25) is 0 Å². The summed E-state index contributed by atoms with van der Waals surface area (Å²) in [6.45, 7) is 0.812. The highest BCUT2D eigenvalue weighted by Crippen LogP contribution is 2.28. The molecule has 1 heterocycles. The molecule has 0 aliphatic heterocycles. The van der Waals surface area contributed by atoms with Crippen LogP contribution in [-0.4, -0.2) is 31.3 Å². The lowest BCUT2D eigenvalue weighted by Crippen LogP contribution is -2.36. The number of ether oxygens (including phenoxy) is 2. The molecule has 0 atom stereocenters. The van der Waals surface area contributed by atoms with Crippen LogP contribution in [0.3, 0.4) is 0 Å². The number of benzene rings is 2. The first-order valence-electron chi connectivity index (χ1n) is 10.4. The standard InChI is InChI=1S/C24H28ClN3O2/c1-29-20-11-16(12-21(14-20)30-2)15-27-18-4-6-19(7-5-18)28-23-9-10-26-24-13-17(25)3-8-22(23)24/h3,8-14,18-19,27H,4-7,15H2,1-2H3,(H,26,28)/t18-,19-. The fourth-order valence-corrected chi connectivity index (χ4v) is 4.31. The Hall–Kier alpha value is -2.50. The van der Waals surface area contributed by atoms with E-state index in [1.54, 1.807) is 14.2 Å². The van der Waals surface area contributed by atoms with Gasteiger partial charge >= 0.3 is 0 Å². The Morgan fingerprint density at radius 1 is 0.933 bits per heavy atom. The van der Waals surface area contributed by atoms with E-state index in [1.807, 2.05) is 30.5 Å². The first-order valence-corrected chi connectivity index (χ1v) is 10.8. The fourth-order valence-electron chi connectivity index (χ4n) is 4.14. The molecule has 0 saturated heterocycles. The number of hydrogen-bond acceptors (Lipinski definition) is 5. The van der Waals surface area contributed by atoms with Crippen LogP contribution in [0.2, 0.25) is 5.02 Å². The van der Waals surface area contributed by atoms with Crippen molar-refractivity contribution in [3.63, 3.8) is 0 Å². The lowest BCUT2D eigenvalue weighted by molar-refractivity contribution is 0.352. The molecule has 30 heavy (non-hydrogen) atoms. The highest BCUT2D eigenvalue weighted by Gasteiger charge is 2.21. The molecule has 6 heteroatoms. The summed E-state index contributed by atoms with van der Waals surface area (Å²) >= 11 is 6.11. The van der Waals surface area contributed by atoms with Gasteiger partial charge in [-0.3, -0.25) is 4.98 Å². The van der Waals surface area contributed by atoms with Gasteiger partial charge in [0, 0.05) is 47.0 Å². The molecule has 1 aliphatic rings. The Kier molecular flexibility index (Phi) is 6.60. The van der Waals surface area contributed by atoms with Crippen molar-refractivity contribution in [2.75, 3.05) is 19.5 Å². The van der Waals surface area contributed by atoms with Gasteiger partial charge in [-0.25, -0.2) is 0 Å². The van der Waals surface area contributed by atoms with E-state index in [9.17, 15) is 0 Å². The van der Waals surface area contributed by atoms with Crippen LogP contribution in [0.4, 0.5) is 5.69 Å². The topological polar surface area (TPSA) is 55.4 Å². The molecule has 5 nitrogen and oxygen atoms in total. The second kappa shape index (κ2) is 9.54. The third kappa shape index (κ3) is 4.97. The zero-order valence-corrected chi connectivity index (χ0v) is 18.2. The van der Waals surface area contributed by atoms with E-state index >= 15 is 0 Å².